The molecule has 5 rings (SSSR count). The molecule has 200 valence electrons. The quantitative estimate of drug-likeness (QED) is 0.288. The van der Waals surface area contributed by atoms with Crippen LogP contribution < -0.4 is 0 Å². The zero-order valence-electron chi connectivity index (χ0n) is 24.3. The number of hydrogen-bond donors (Lipinski definition) is 0. The van der Waals surface area contributed by atoms with Gasteiger partial charge in [0, 0.05) is 12.3 Å². The monoisotopic (exact) mass is 484 g/mol. The first-order valence-corrected chi connectivity index (χ1v) is 15.0. The second-order valence-electron chi connectivity index (χ2n) is 13.1. The van der Waals surface area contributed by atoms with Crippen LogP contribution in [0.3, 0.4) is 0 Å². The molecule has 35 heavy (non-hydrogen) atoms. The van der Waals surface area contributed by atoms with E-state index in [1.165, 1.54) is 76.2 Å². The van der Waals surface area contributed by atoms with Gasteiger partial charge in [-0.15, -0.1) is 6.58 Å². The summed E-state index contributed by atoms with van der Waals surface area (Å²) in [6.07, 6.45) is 16.7. The van der Waals surface area contributed by atoms with Crippen molar-refractivity contribution in [3.8, 4) is 0 Å². The van der Waals surface area contributed by atoms with Gasteiger partial charge in [-0.25, -0.2) is 0 Å². The molecule has 0 heterocycles. The summed E-state index contributed by atoms with van der Waals surface area (Å²) in [5, 5.41) is 0. The van der Waals surface area contributed by atoms with E-state index in [4.69, 9.17) is 4.74 Å². The van der Waals surface area contributed by atoms with Gasteiger partial charge in [0.05, 0.1) is 6.61 Å². The van der Waals surface area contributed by atoms with Crippen LogP contribution in [0.15, 0.2) is 24.8 Å². The van der Waals surface area contributed by atoms with E-state index in [9.17, 15) is 4.79 Å². The van der Waals surface area contributed by atoms with Gasteiger partial charge >= 0.3 is 5.97 Å². The Morgan fingerprint density at radius 1 is 0.971 bits per heavy atom. The van der Waals surface area contributed by atoms with Crippen molar-refractivity contribution in [3.63, 3.8) is 0 Å². The van der Waals surface area contributed by atoms with Gasteiger partial charge in [0.15, 0.2) is 0 Å². The van der Waals surface area contributed by atoms with Crippen LogP contribution in [0.4, 0.5) is 0 Å². The summed E-state index contributed by atoms with van der Waals surface area (Å²) in [7, 11) is 0. The largest absolute Gasteiger partial charge is 0.465 e. The Kier molecular flexibility index (Phi) is 9.08. The van der Waals surface area contributed by atoms with Crippen molar-refractivity contribution in [1.82, 2.24) is 0 Å². The highest BCUT2D eigenvalue weighted by Crippen LogP contribution is 2.71. The molecule has 2 nitrogen and oxygen atoms in total. The van der Waals surface area contributed by atoms with Crippen molar-refractivity contribution in [2.45, 2.75) is 119 Å². The van der Waals surface area contributed by atoms with Crippen molar-refractivity contribution in [2.75, 3.05) is 6.61 Å². The zero-order chi connectivity index (χ0) is 26.0. The first kappa shape index (κ1) is 28.5. The molecule has 5 aliphatic carbocycles. The standard InChI is InChI=1S/C28H44O2.C3H6.C2H6/c1-18-10-14-26(4)22(19(18)2)11-15-27(5)23-12-16-28(17-30-20(3)29)13-6-7-24(28)21(23)8-9-25(26)27;1-3-2;1-2/h19,21-25H,1,6-17H2,2-5H3;3H,1H2,2H3;1-2H3. The molecule has 9 unspecified atom stereocenters. The third kappa shape index (κ3) is 4.82. The molecule has 0 saturated heterocycles. The van der Waals surface area contributed by atoms with Gasteiger partial charge in [-0.1, -0.05) is 59.3 Å². The minimum atomic E-state index is -0.0907. The lowest BCUT2D eigenvalue weighted by Crippen LogP contribution is -2.60. The molecule has 0 radical (unpaired) electrons. The van der Waals surface area contributed by atoms with E-state index >= 15 is 0 Å². The SMILES string of the molecule is C=C1CCC2(C)C(CCC3(C)C4CCC5(COC(C)=O)CCCC5C4CCC23)C1C.C=CC.CC. The first-order chi connectivity index (χ1) is 16.6. The van der Waals surface area contributed by atoms with E-state index in [0.717, 1.165) is 29.6 Å². The molecular formula is C33H56O2. The summed E-state index contributed by atoms with van der Waals surface area (Å²) < 4.78 is 5.66. The smallest absolute Gasteiger partial charge is 0.302 e. The molecule has 0 amide bonds. The van der Waals surface area contributed by atoms with Crippen molar-refractivity contribution >= 4 is 5.97 Å². The van der Waals surface area contributed by atoms with E-state index in [1.807, 2.05) is 20.8 Å². The second-order valence-corrected chi connectivity index (χ2v) is 13.1. The average Bonchev–Trinajstić information content (AvgIpc) is 3.27. The normalized spacial score (nSPS) is 45.6. The molecule has 0 spiro atoms. The maximum Gasteiger partial charge on any atom is 0.302 e. The van der Waals surface area contributed by atoms with E-state index in [2.05, 4.69) is 33.9 Å². The van der Waals surface area contributed by atoms with E-state index in [-0.39, 0.29) is 5.97 Å². The van der Waals surface area contributed by atoms with Gasteiger partial charge in [0.25, 0.3) is 0 Å². The van der Waals surface area contributed by atoms with Gasteiger partial charge in [0.2, 0.25) is 0 Å². The van der Waals surface area contributed by atoms with Gasteiger partial charge in [0.1, 0.15) is 0 Å². The summed E-state index contributed by atoms with van der Waals surface area (Å²) in [5.74, 6) is 4.92. The van der Waals surface area contributed by atoms with Crippen LogP contribution >= 0.6 is 0 Å². The maximum atomic E-state index is 11.6. The van der Waals surface area contributed by atoms with Crippen LogP contribution in [-0.2, 0) is 9.53 Å². The van der Waals surface area contributed by atoms with Crippen LogP contribution in [0.2, 0.25) is 0 Å². The predicted octanol–water partition coefficient (Wildman–Crippen LogP) is 9.40. The molecule has 0 aromatic carbocycles. The highest BCUT2D eigenvalue weighted by atomic mass is 16.5. The predicted molar refractivity (Wildman–Crippen MR) is 149 cm³/mol. The van der Waals surface area contributed by atoms with E-state index in [0.29, 0.717) is 28.8 Å². The van der Waals surface area contributed by atoms with Crippen molar-refractivity contribution in [2.24, 2.45) is 51.8 Å². The number of carbonyl (C=O) groups excluding carboxylic acids is 1. The fourth-order valence-corrected chi connectivity index (χ4v) is 10.4. The third-order valence-corrected chi connectivity index (χ3v) is 11.8. The van der Waals surface area contributed by atoms with E-state index in [1.54, 1.807) is 13.0 Å². The Morgan fingerprint density at radius 2 is 1.60 bits per heavy atom. The van der Waals surface area contributed by atoms with Gasteiger partial charge in [-0.05, 0) is 117 Å². The summed E-state index contributed by atoms with van der Waals surface area (Å²) in [4.78, 5) is 11.6. The summed E-state index contributed by atoms with van der Waals surface area (Å²) in [5.41, 5.74) is 2.85. The highest BCUT2D eigenvalue weighted by molar-refractivity contribution is 5.65. The van der Waals surface area contributed by atoms with Crippen LogP contribution in [0.5, 0.6) is 0 Å². The molecule has 0 aliphatic heterocycles. The van der Waals surface area contributed by atoms with Crippen molar-refractivity contribution in [1.29, 1.82) is 0 Å². The number of fused-ring (bicyclic) bond motifs is 7. The third-order valence-electron chi connectivity index (χ3n) is 11.8. The number of hydrogen-bond acceptors (Lipinski definition) is 2. The Labute approximate surface area is 217 Å². The molecule has 9 atom stereocenters. The summed E-state index contributed by atoms with van der Waals surface area (Å²) in [6.45, 7) is 23.8. The molecule has 2 heteroatoms. The maximum absolute atomic E-state index is 11.6. The van der Waals surface area contributed by atoms with Crippen molar-refractivity contribution < 1.29 is 9.53 Å². The van der Waals surface area contributed by atoms with Crippen molar-refractivity contribution in [3.05, 3.63) is 24.8 Å². The number of allylic oxidation sites excluding steroid dienone is 2. The molecular weight excluding hydrogens is 428 g/mol. The molecule has 5 saturated carbocycles. The Bertz CT molecular complexity index is 769. The van der Waals surface area contributed by atoms with Crippen LogP contribution in [0.1, 0.15) is 119 Å². The van der Waals surface area contributed by atoms with Crippen LogP contribution in [-0.4, -0.2) is 12.6 Å². The lowest BCUT2D eigenvalue weighted by molar-refractivity contribution is -0.184. The average molecular weight is 485 g/mol. The lowest BCUT2D eigenvalue weighted by Gasteiger charge is -2.67. The lowest BCUT2D eigenvalue weighted by atomic mass is 9.37. The topological polar surface area (TPSA) is 26.3 Å². The number of rotatable bonds is 2. The van der Waals surface area contributed by atoms with Gasteiger partial charge in [-0.3, -0.25) is 4.79 Å². The zero-order valence-corrected chi connectivity index (χ0v) is 24.3. The molecule has 0 aromatic rings. The highest BCUT2D eigenvalue weighted by Gasteiger charge is 2.64. The fourth-order valence-electron chi connectivity index (χ4n) is 10.4. The molecule has 0 bridgehead atoms. The van der Waals surface area contributed by atoms with Crippen LogP contribution in [0, 0.1) is 51.8 Å². The summed E-state index contributed by atoms with van der Waals surface area (Å²) >= 11 is 0. The molecule has 5 fully saturated rings. The number of carbonyl (C=O) groups is 1. The van der Waals surface area contributed by atoms with E-state index < -0.39 is 0 Å². The first-order valence-electron chi connectivity index (χ1n) is 15.0. The van der Waals surface area contributed by atoms with Gasteiger partial charge < -0.3 is 4.74 Å². The second kappa shape index (κ2) is 11.1. The number of ether oxygens (including phenoxy) is 1. The molecule has 0 N–H and O–H groups in total. The Hall–Kier alpha value is -1.05. The molecule has 5 aliphatic rings. The minimum Gasteiger partial charge on any atom is -0.465 e. The van der Waals surface area contributed by atoms with Gasteiger partial charge in [-0.2, -0.15) is 0 Å². The Morgan fingerprint density at radius 3 is 2.26 bits per heavy atom. The molecule has 0 aromatic heterocycles. The fraction of sp³-hybridized carbons (Fsp3) is 0.848. The number of esters is 1. The minimum absolute atomic E-state index is 0.0907. The van der Waals surface area contributed by atoms with Crippen LogP contribution in [0.25, 0.3) is 0 Å². The summed E-state index contributed by atoms with van der Waals surface area (Å²) in [6, 6.07) is 0. The Balaban J connectivity index is 0.000000638.